The number of hydrogen-bond donors (Lipinski definition) is 1. The zero-order valence-corrected chi connectivity index (χ0v) is 13.2. The van der Waals surface area contributed by atoms with Crippen LogP contribution >= 0.6 is 0 Å². The minimum absolute atomic E-state index is 0.385. The quantitative estimate of drug-likeness (QED) is 0.776. The Morgan fingerprint density at radius 2 is 2.08 bits per heavy atom. The van der Waals surface area contributed by atoms with E-state index in [0.29, 0.717) is 12.5 Å². The topological polar surface area (TPSA) is 77.8 Å². The molecule has 24 heavy (non-hydrogen) atoms. The zero-order chi connectivity index (χ0) is 16.2. The van der Waals surface area contributed by atoms with Crippen molar-refractivity contribution in [3.8, 4) is 5.69 Å². The van der Waals surface area contributed by atoms with Crippen molar-refractivity contribution in [2.45, 2.75) is 18.9 Å². The summed E-state index contributed by atoms with van der Waals surface area (Å²) in [4.78, 5) is 12.6. The molecule has 0 amide bonds. The average Bonchev–Trinajstić information content (AvgIpc) is 3.34. The summed E-state index contributed by atoms with van der Waals surface area (Å²) in [5, 5.41) is 7.47. The number of aromatic nitrogens is 5. The Kier molecular flexibility index (Phi) is 4.16. The molecular formula is C17H18N6O. The predicted molar refractivity (Wildman–Crippen MR) is 88.9 cm³/mol. The van der Waals surface area contributed by atoms with Crippen LogP contribution in [0.3, 0.4) is 0 Å². The predicted octanol–water partition coefficient (Wildman–Crippen LogP) is 2.17. The number of benzene rings is 1. The molecule has 0 spiro atoms. The summed E-state index contributed by atoms with van der Waals surface area (Å²) in [6, 6.07) is 10.2. The summed E-state index contributed by atoms with van der Waals surface area (Å²) in [6.07, 6.45) is 5.85. The second kappa shape index (κ2) is 6.76. The Hall–Kier alpha value is -2.80. The number of rotatable bonds is 5. The first-order chi connectivity index (χ1) is 11.9. The monoisotopic (exact) mass is 322 g/mol. The standard InChI is InChI=1S/C17H18N6O/c1-3-15(23-12-18-10-22-23)4-2-13(1)8-19-17-7-16(20-11-21-17)14-5-6-24-9-14/h1-4,7,10-12,14H,5-6,8-9H2,(H,19,20,21)/t14-/m1/s1. The van der Waals surface area contributed by atoms with E-state index >= 15 is 0 Å². The average molecular weight is 322 g/mol. The Balaban J connectivity index is 1.40. The Labute approximate surface area is 139 Å². The maximum absolute atomic E-state index is 5.43. The van der Waals surface area contributed by atoms with Gasteiger partial charge in [0.1, 0.15) is 24.8 Å². The molecule has 122 valence electrons. The summed E-state index contributed by atoms with van der Waals surface area (Å²) in [5.74, 6) is 1.22. The highest BCUT2D eigenvalue weighted by molar-refractivity contribution is 5.39. The van der Waals surface area contributed by atoms with E-state index in [2.05, 4.69) is 37.5 Å². The summed E-state index contributed by atoms with van der Waals surface area (Å²) >= 11 is 0. The fraction of sp³-hybridized carbons (Fsp3) is 0.294. The molecule has 0 saturated carbocycles. The van der Waals surface area contributed by atoms with E-state index < -0.39 is 0 Å². The first kappa shape index (κ1) is 14.8. The molecule has 1 aromatic carbocycles. The normalized spacial score (nSPS) is 17.1. The van der Waals surface area contributed by atoms with E-state index in [1.807, 2.05) is 18.2 Å². The molecule has 7 heteroatoms. The molecule has 0 aliphatic carbocycles. The molecule has 1 N–H and O–H groups in total. The fourth-order valence-corrected chi connectivity index (χ4v) is 2.76. The molecule has 1 aliphatic heterocycles. The highest BCUT2D eigenvalue weighted by Crippen LogP contribution is 2.24. The van der Waals surface area contributed by atoms with Crippen molar-refractivity contribution in [1.29, 1.82) is 0 Å². The third-order valence-corrected chi connectivity index (χ3v) is 4.13. The summed E-state index contributed by atoms with van der Waals surface area (Å²) in [6.45, 7) is 2.27. The fourth-order valence-electron chi connectivity index (χ4n) is 2.76. The lowest BCUT2D eigenvalue weighted by molar-refractivity contribution is 0.193. The smallest absolute Gasteiger partial charge is 0.138 e. The molecule has 0 bridgehead atoms. The van der Waals surface area contributed by atoms with Crippen LogP contribution in [-0.4, -0.2) is 37.9 Å². The molecule has 0 unspecified atom stereocenters. The molecule has 3 aromatic rings. The van der Waals surface area contributed by atoms with Crippen molar-refractivity contribution in [2.75, 3.05) is 18.5 Å². The minimum atomic E-state index is 0.385. The van der Waals surface area contributed by atoms with Gasteiger partial charge < -0.3 is 10.1 Å². The lowest BCUT2D eigenvalue weighted by Gasteiger charge is -2.10. The largest absolute Gasteiger partial charge is 0.381 e. The van der Waals surface area contributed by atoms with Gasteiger partial charge in [-0.2, -0.15) is 5.10 Å². The second-order valence-corrected chi connectivity index (χ2v) is 5.75. The summed E-state index contributed by atoms with van der Waals surface area (Å²) in [5.41, 5.74) is 3.21. The van der Waals surface area contributed by atoms with Crippen molar-refractivity contribution in [3.05, 3.63) is 60.6 Å². The zero-order valence-electron chi connectivity index (χ0n) is 13.2. The van der Waals surface area contributed by atoms with Crippen LogP contribution in [0.25, 0.3) is 5.69 Å². The first-order valence-electron chi connectivity index (χ1n) is 7.96. The van der Waals surface area contributed by atoms with Gasteiger partial charge in [0, 0.05) is 25.1 Å². The van der Waals surface area contributed by atoms with Crippen LogP contribution < -0.4 is 5.32 Å². The van der Waals surface area contributed by atoms with Crippen molar-refractivity contribution in [3.63, 3.8) is 0 Å². The number of ether oxygens (including phenoxy) is 1. The molecule has 2 aromatic heterocycles. The highest BCUT2D eigenvalue weighted by Gasteiger charge is 2.19. The van der Waals surface area contributed by atoms with Gasteiger partial charge >= 0.3 is 0 Å². The molecule has 1 saturated heterocycles. The number of nitrogens with one attached hydrogen (secondary N) is 1. The Morgan fingerprint density at radius 3 is 2.83 bits per heavy atom. The third-order valence-electron chi connectivity index (χ3n) is 4.13. The van der Waals surface area contributed by atoms with Gasteiger partial charge in [-0.25, -0.2) is 19.6 Å². The minimum Gasteiger partial charge on any atom is -0.381 e. The lowest BCUT2D eigenvalue weighted by Crippen LogP contribution is -2.06. The maximum Gasteiger partial charge on any atom is 0.138 e. The van der Waals surface area contributed by atoms with Crippen molar-refractivity contribution < 1.29 is 4.74 Å². The SMILES string of the molecule is c1nc(NCc2ccc(-n3cncn3)cc2)cc([C@@H]2CCOC2)n1. The van der Waals surface area contributed by atoms with Crippen LogP contribution in [0.1, 0.15) is 23.6 Å². The lowest BCUT2D eigenvalue weighted by atomic mass is 10.1. The van der Waals surface area contributed by atoms with Crippen LogP contribution in [0.4, 0.5) is 5.82 Å². The van der Waals surface area contributed by atoms with E-state index in [1.54, 1.807) is 17.3 Å². The van der Waals surface area contributed by atoms with Gasteiger partial charge in [0.05, 0.1) is 18.0 Å². The molecule has 3 heterocycles. The van der Waals surface area contributed by atoms with Crippen LogP contribution in [0.5, 0.6) is 0 Å². The van der Waals surface area contributed by atoms with Crippen LogP contribution in [0, 0.1) is 0 Å². The van der Waals surface area contributed by atoms with Gasteiger partial charge in [-0.15, -0.1) is 0 Å². The molecule has 1 aliphatic rings. The Bertz CT molecular complexity index is 781. The highest BCUT2D eigenvalue weighted by atomic mass is 16.5. The van der Waals surface area contributed by atoms with E-state index in [-0.39, 0.29) is 0 Å². The van der Waals surface area contributed by atoms with Crippen LogP contribution in [0.2, 0.25) is 0 Å². The van der Waals surface area contributed by atoms with E-state index in [0.717, 1.165) is 36.8 Å². The number of hydrogen-bond acceptors (Lipinski definition) is 6. The van der Waals surface area contributed by atoms with Crippen molar-refractivity contribution >= 4 is 5.82 Å². The molecule has 7 nitrogen and oxygen atoms in total. The van der Waals surface area contributed by atoms with Gasteiger partial charge in [-0.1, -0.05) is 12.1 Å². The van der Waals surface area contributed by atoms with E-state index in [1.165, 1.54) is 11.9 Å². The van der Waals surface area contributed by atoms with Gasteiger partial charge in [0.2, 0.25) is 0 Å². The Morgan fingerprint density at radius 1 is 1.17 bits per heavy atom. The van der Waals surface area contributed by atoms with Crippen molar-refractivity contribution in [1.82, 2.24) is 24.7 Å². The van der Waals surface area contributed by atoms with Crippen molar-refractivity contribution in [2.24, 2.45) is 0 Å². The second-order valence-electron chi connectivity index (χ2n) is 5.75. The van der Waals surface area contributed by atoms with E-state index in [4.69, 9.17) is 4.74 Å². The molecule has 1 atom stereocenters. The molecule has 0 radical (unpaired) electrons. The van der Waals surface area contributed by atoms with Gasteiger partial charge in [0.15, 0.2) is 0 Å². The number of nitrogens with zero attached hydrogens (tertiary/aromatic N) is 5. The first-order valence-corrected chi connectivity index (χ1v) is 7.96. The maximum atomic E-state index is 5.43. The van der Waals surface area contributed by atoms with Gasteiger partial charge in [-0.3, -0.25) is 0 Å². The number of anilines is 1. The van der Waals surface area contributed by atoms with Crippen LogP contribution in [-0.2, 0) is 11.3 Å². The molecule has 1 fully saturated rings. The van der Waals surface area contributed by atoms with E-state index in [9.17, 15) is 0 Å². The van der Waals surface area contributed by atoms with Gasteiger partial charge in [0.25, 0.3) is 0 Å². The molecule has 4 rings (SSSR count). The summed E-state index contributed by atoms with van der Waals surface area (Å²) < 4.78 is 7.16. The van der Waals surface area contributed by atoms with Gasteiger partial charge in [-0.05, 0) is 24.1 Å². The molecular weight excluding hydrogens is 304 g/mol. The third kappa shape index (κ3) is 3.26. The van der Waals surface area contributed by atoms with Crippen LogP contribution in [0.15, 0.2) is 49.3 Å². The summed E-state index contributed by atoms with van der Waals surface area (Å²) in [7, 11) is 0.